The predicted molar refractivity (Wildman–Crippen MR) is 82.0 cm³/mol. The average Bonchev–Trinajstić information content (AvgIpc) is 2.71. The smallest absolute Gasteiger partial charge is 0.223 e. The van der Waals surface area contributed by atoms with Crippen LogP contribution in [-0.4, -0.2) is 63.9 Å². The summed E-state index contributed by atoms with van der Waals surface area (Å²) >= 11 is 0. The molecule has 0 spiro atoms. The van der Waals surface area contributed by atoms with Gasteiger partial charge in [-0.05, 0) is 31.8 Å². The normalized spacial score (nSPS) is 30.3. The Kier molecular flexibility index (Phi) is 6.67. The first kappa shape index (κ1) is 16.5. The van der Waals surface area contributed by atoms with E-state index < -0.39 is 0 Å². The standard InChI is InChI=1S/C16H28N2O3/c1-3-9-21-12-13-11-17-16(19)15-5-7-18(8-10-20-2)6-4-14(13)15/h3,13-15H,1,4-12H2,2H3,(H,17,19)/t13-,14-,15-/m1/s1. The van der Waals surface area contributed by atoms with Gasteiger partial charge in [0.2, 0.25) is 5.91 Å². The molecule has 2 saturated heterocycles. The lowest BCUT2D eigenvalue weighted by Crippen LogP contribution is -2.49. The summed E-state index contributed by atoms with van der Waals surface area (Å²) in [5, 5.41) is 3.06. The summed E-state index contributed by atoms with van der Waals surface area (Å²) in [6.45, 7) is 9.47. The lowest BCUT2D eigenvalue weighted by molar-refractivity contribution is -0.131. The van der Waals surface area contributed by atoms with Crippen molar-refractivity contribution >= 4 is 5.91 Å². The van der Waals surface area contributed by atoms with Gasteiger partial charge in [-0.15, -0.1) is 6.58 Å². The van der Waals surface area contributed by atoms with Crippen LogP contribution in [0.1, 0.15) is 12.8 Å². The third-order valence-corrected chi connectivity index (χ3v) is 4.71. The van der Waals surface area contributed by atoms with E-state index in [-0.39, 0.29) is 11.8 Å². The van der Waals surface area contributed by atoms with Crippen molar-refractivity contribution in [3.8, 4) is 0 Å². The van der Waals surface area contributed by atoms with E-state index in [4.69, 9.17) is 9.47 Å². The quantitative estimate of drug-likeness (QED) is 0.560. The topological polar surface area (TPSA) is 50.8 Å². The Balaban J connectivity index is 1.93. The number of likely N-dealkylation sites (tertiary alicyclic amines) is 1. The van der Waals surface area contributed by atoms with Crippen molar-refractivity contribution in [2.45, 2.75) is 12.8 Å². The van der Waals surface area contributed by atoms with Crippen molar-refractivity contribution in [1.29, 1.82) is 0 Å². The molecule has 2 aliphatic heterocycles. The first-order valence-corrected chi connectivity index (χ1v) is 7.94. The Labute approximate surface area is 127 Å². The molecule has 0 saturated carbocycles. The maximum Gasteiger partial charge on any atom is 0.223 e. The molecule has 0 aromatic heterocycles. The minimum atomic E-state index is 0.142. The van der Waals surface area contributed by atoms with Crippen molar-refractivity contribution in [3.05, 3.63) is 12.7 Å². The van der Waals surface area contributed by atoms with Gasteiger partial charge in [0.15, 0.2) is 0 Å². The zero-order valence-corrected chi connectivity index (χ0v) is 13.1. The van der Waals surface area contributed by atoms with Gasteiger partial charge in [-0.2, -0.15) is 0 Å². The number of hydrogen-bond acceptors (Lipinski definition) is 4. The van der Waals surface area contributed by atoms with E-state index in [2.05, 4.69) is 16.8 Å². The molecule has 0 aromatic rings. The summed E-state index contributed by atoms with van der Waals surface area (Å²) in [6, 6.07) is 0. The zero-order chi connectivity index (χ0) is 15.1. The highest BCUT2D eigenvalue weighted by molar-refractivity contribution is 5.79. The first-order valence-electron chi connectivity index (χ1n) is 7.94. The van der Waals surface area contributed by atoms with Crippen LogP contribution >= 0.6 is 0 Å². The molecule has 21 heavy (non-hydrogen) atoms. The Morgan fingerprint density at radius 1 is 1.43 bits per heavy atom. The molecule has 1 N–H and O–H groups in total. The summed E-state index contributed by atoms with van der Waals surface area (Å²) in [7, 11) is 1.73. The molecule has 0 aromatic carbocycles. The molecule has 3 atom stereocenters. The van der Waals surface area contributed by atoms with Crippen LogP contribution in [0, 0.1) is 17.8 Å². The van der Waals surface area contributed by atoms with Gasteiger partial charge in [0.05, 0.1) is 19.8 Å². The van der Waals surface area contributed by atoms with Crippen LogP contribution in [-0.2, 0) is 14.3 Å². The second kappa shape index (κ2) is 8.51. The Bertz CT molecular complexity index is 348. The number of carbonyl (C=O) groups is 1. The van der Waals surface area contributed by atoms with Gasteiger partial charge < -0.3 is 19.7 Å². The SMILES string of the molecule is C=CCOC[C@H]1CNC(=O)[C@@H]2CCN(CCOC)CC[C@H]12. The van der Waals surface area contributed by atoms with Crippen molar-refractivity contribution < 1.29 is 14.3 Å². The van der Waals surface area contributed by atoms with Crippen LogP contribution in [0.3, 0.4) is 0 Å². The molecular weight excluding hydrogens is 268 g/mol. The number of methoxy groups -OCH3 is 1. The minimum Gasteiger partial charge on any atom is -0.383 e. The number of nitrogens with one attached hydrogen (secondary N) is 1. The molecule has 1 amide bonds. The Morgan fingerprint density at radius 3 is 3.00 bits per heavy atom. The van der Waals surface area contributed by atoms with Gasteiger partial charge >= 0.3 is 0 Å². The lowest BCUT2D eigenvalue weighted by atomic mass is 9.75. The second-order valence-corrected chi connectivity index (χ2v) is 6.01. The summed E-state index contributed by atoms with van der Waals surface area (Å²) in [4.78, 5) is 14.6. The molecule has 2 rings (SSSR count). The van der Waals surface area contributed by atoms with E-state index in [1.807, 2.05) is 0 Å². The third kappa shape index (κ3) is 4.53. The summed E-state index contributed by atoms with van der Waals surface area (Å²) in [5.74, 6) is 1.24. The van der Waals surface area contributed by atoms with Gasteiger partial charge in [0, 0.05) is 32.0 Å². The fourth-order valence-electron chi connectivity index (χ4n) is 3.51. The lowest BCUT2D eigenvalue weighted by Gasteiger charge is -2.36. The van der Waals surface area contributed by atoms with Crippen molar-refractivity contribution in [1.82, 2.24) is 10.2 Å². The summed E-state index contributed by atoms with van der Waals surface area (Å²) in [6.07, 6.45) is 3.79. The number of amides is 1. The Morgan fingerprint density at radius 2 is 2.24 bits per heavy atom. The number of ether oxygens (including phenoxy) is 2. The molecule has 5 nitrogen and oxygen atoms in total. The van der Waals surface area contributed by atoms with Crippen LogP contribution < -0.4 is 5.32 Å². The highest BCUT2D eigenvalue weighted by Gasteiger charge is 2.39. The van der Waals surface area contributed by atoms with E-state index in [1.165, 1.54) is 0 Å². The number of nitrogens with zero attached hydrogens (tertiary/aromatic N) is 1. The predicted octanol–water partition coefficient (Wildman–Crippen LogP) is 0.910. The van der Waals surface area contributed by atoms with Gasteiger partial charge in [0.1, 0.15) is 0 Å². The number of carbonyl (C=O) groups excluding carboxylic acids is 1. The highest BCUT2D eigenvalue weighted by atomic mass is 16.5. The van der Waals surface area contributed by atoms with E-state index in [0.29, 0.717) is 25.0 Å². The molecular formula is C16H28N2O3. The van der Waals surface area contributed by atoms with Gasteiger partial charge in [-0.3, -0.25) is 4.79 Å². The number of rotatable bonds is 7. The molecule has 2 aliphatic rings. The number of hydrogen-bond donors (Lipinski definition) is 1. The number of piperidine rings is 1. The van der Waals surface area contributed by atoms with Gasteiger partial charge in [-0.1, -0.05) is 6.08 Å². The maximum absolute atomic E-state index is 12.2. The average molecular weight is 296 g/mol. The maximum atomic E-state index is 12.2. The zero-order valence-electron chi connectivity index (χ0n) is 13.1. The molecule has 0 radical (unpaired) electrons. The second-order valence-electron chi connectivity index (χ2n) is 6.01. The fraction of sp³-hybridized carbons (Fsp3) is 0.812. The molecule has 2 heterocycles. The summed E-state index contributed by atoms with van der Waals surface area (Å²) < 4.78 is 10.8. The van der Waals surface area contributed by atoms with Crippen molar-refractivity contribution in [3.63, 3.8) is 0 Å². The fourth-order valence-corrected chi connectivity index (χ4v) is 3.51. The van der Waals surface area contributed by atoms with E-state index in [0.717, 1.165) is 45.6 Å². The molecule has 0 aliphatic carbocycles. The number of fused-ring (bicyclic) bond motifs is 1. The van der Waals surface area contributed by atoms with E-state index >= 15 is 0 Å². The molecule has 5 heteroatoms. The van der Waals surface area contributed by atoms with Crippen molar-refractivity contribution in [2.24, 2.45) is 17.8 Å². The van der Waals surface area contributed by atoms with Gasteiger partial charge in [-0.25, -0.2) is 0 Å². The molecule has 0 unspecified atom stereocenters. The first-order chi connectivity index (χ1) is 10.3. The minimum absolute atomic E-state index is 0.142. The highest BCUT2D eigenvalue weighted by Crippen LogP contribution is 2.33. The van der Waals surface area contributed by atoms with Crippen LogP contribution in [0.25, 0.3) is 0 Å². The monoisotopic (exact) mass is 296 g/mol. The van der Waals surface area contributed by atoms with Crippen LogP contribution in [0.15, 0.2) is 12.7 Å². The Hall–Kier alpha value is -0.910. The largest absolute Gasteiger partial charge is 0.383 e. The van der Waals surface area contributed by atoms with Crippen LogP contribution in [0.4, 0.5) is 0 Å². The van der Waals surface area contributed by atoms with Crippen LogP contribution in [0.5, 0.6) is 0 Å². The summed E-state index contributed by atoms with van der Waals surface area (Å²) in [5.41, 5.74) is 0. The van der Waals surface area contributed by atoms with E-state index in [1.54, 1.807) is 13.2 Å². The third-order valence-electron chi connectivity index (χ3n) is 4.71. The molecule has 120 valence electrons. The van der Waals surface area contributed by atoms with Gasteiger partial charge in [0.25, 0.3) is 0 Å². The van der Waals surface area contributed by atoms with Crippen molar-refractivity contribution in [2.75, 3.05) is 53.1 Å². The molecule has 0 bridgehead atoms. The van der Waals surface area contributed by atoms with E-state index in [9.17, 15) is 4.79 Å². The van der Waals surface area contributed by atoms with Crippen LogP contribution in [0.2, 0.25) is 0 Å². The molecule has 2 fully saturated rings.